The van der Waals surface area contributed by atoms with Crippen LogP contribution in [0.25, 0.3) is 10.1 Å². The molecule has 1 heterocycles. The van der Waals surface area contributed by atoms with Crippen molar-refractivity contribution in [2.75, 3.05) is 5.73 Å². The van der Waals surface area contributed by atoms with Crippen LogP contribution in [0.5, 0.6) is 0 Å². The molecule has 0 saturated carbocycles. The molecule has 1 aromatic carbocycles. The van der Waals surface area contributed by atoms with Crippen LogP contribution in [-0.2, 0) is 0 Å². The SMILES string of the molecule is Nc1cccc2sc(Cl)c([N+](=O)[O-])c12. The highest BCUT2D eigenvalue weighted by molar-refractivity contribution is 7.23. The van der Waals surface area contributed by atoms with E-state index in [0.717, 1.165) is 4.70 Å². The highest BCUT2D eigenvalue weighted by Gasteiger charge is 2.22. The van der Waals surface area contributed by atoms with E-state index < -0.39 is 4.92 Å². The Hall–Kier alpha value is -1.33. The standard InChI is InChI=1S/C8H5ClN2O2S/c9-8-7(11(12)13)6-4(10)2-1-3-5(6)14-8/h1-3H,10H2. The molecule has 14 heavy (non-hydrogen) atoms. The quantitative estimate of drug-likeness (QED) is 0.463. The number of rotatable bonds is 1. The lowest BCUT2D eigenvalue weighted by molar-refractivity contribution is -0.382. The molecule has 2 rings (SSSR count). The average molecular weight is 229 g/mol. The predicted molar refractivity (Wildman–Crippen MR) is 57.9 cm³/mol. The number of halogens is 1. The lowest BCUT2D eigenvalue weighted by Crippen LogP contribution is -1.90. The second-order valence-electron chi connectivity index (χ2n) is 2.70. The van der Waals surface area contributed by atoms with Crippen LogP contribution in [0.1, 0.15) is 0 Å². The smallest absolute Gasteiger partial charge is 0.308 e. The Kier molecular flexibility index (Phi) is 2.05. The molecule has 2 N–H and O–H groups in total. The number of benzene rings is 1. The molecule has 0 aliphatic rings. The molecular formula is C8H5ClN2O2S. The molecule has 4 nitrogen and oxygen atoms in total. The number of anilines is 1. The topological polar surface area (TPSA) is 69.2 Å². The van der Waals surface area contributed by atoms with Crippen LogP contribution in [-0.4, -0.2) is 4.92 Å². The summed E-state index contributed by atoms with van der Waals surface area (Å²) in [5, 5.41) is 11.2. The number of nitrogens with zero attached hydrogens (tertiary/aromatic N) is 1. The van der Waals surface area contributed by atoms with Gasteiger partial charge in [0.15, 0.2) is 4.34 Å². The lowest BCUT2D eigenvalue weighted by atomic mass is 10.2. The van der Waals surface area contributed by atoms with Crippen LogP contribution >= 0.6 is 22.9 Å². The molecule has 0 spiro atoms. The molecule has 6 heteroatoms. The first kappa shape index (κ1) is 9.23. The Morgan fingerprint density at radius 1 is 1.50 bits per heavy atom. The normalized spacial score (nSPS) is 10.6. The molecule has 0 radical (unpaired) electrons. The second-order valence-corrected chi connectivity index (χ2v) is 4.36. The first-order valence-electron chi connectivity index (χ1n) is 3.72. The van der Waals surface area contributed by atoms with E-state index in [-0.39, 0.29) is 10.0 Å². The van der Waals surface area contributed by atoms with Gasteiger partial charge in [-0.05, 0) is 12.1 Å². The van der Waals surface area contributed by atoms with Gasteiger partial charge in [-0.15, -0.1) is 11.3 Å². The Labute approximate surface area is 88.0 Å². The first-order valence-corrected chi connectivity index (χ1v) is 4.91. The highest BCUT2D eigenvalue weighted by Crippen LogP contribution is 2.43. The number of nitro groups is 1. The lowest BCUT2D eigenvalue weighted by Gasteiger charge is -1.94. The molecule has 0 amide bonds. The van der Waals surface area contributed by atoms with Crippen molar-refractivity contribution in [3.63, 3.8) is 0 Å². The number of fused-ring (bicyclic) bond motifs is 1. The van der Waals surface area contributed by atoms with Gasteiger partial charge < -0.3 is 5.73 Å². The van der Waals surface area contributed by atoms with E-state index >= 15 is 0 Å². The number of nitrogens with two attached hydrogens (primary N) is 1. The largest absolute Gasteiger partial charge is 0.398 e. The van der Waals surface area contributed by atoms with Crippen molar-refractivity contribution in [1.82, 2.24) is 0 Å². The van der Waals surface area contributed by atoms with E-state index in [4.69, 9.17) is 17.3 Å². The van der Waals surface area contributed by atoms with Gasteiger partial charge in [0.1, 0.15) is 0 Å². The summed E-state index contributed by atoms with van der Waals surface area (Å²) in [6, 6.07) is 5.13. The number of hydrogen-bond donors (Lipinski definition) is 1. The van der Waals surface area contributed by atoms with Crippen molar-refractivity contribution in [2.24, 2.45) is 0 Å². The number of hydrogen-bond acceptors (Lipinski definition) is 4. The maximum atomic E-state index is 10.7. The van der Waals surface area contributed by atoms with Crippen molar-refractivity contribution in [2.45, 2.75) is 0 Å². The van der Waals surface area contributed by atoms with Crippen LogP contribution in [0.3, 0.4) is 0 Å². The van der Waals surface area contributed by atoms with Crippen molar-refractivity contribution in [1.29, 1.82) is 0 Å². The van der Waals surface area contributed by atoms with Gasteiger partial charge in [0.25, 0.3) is 0 Å². The van der Waals surface area contributed by atoms with E-state index in [1.165, 1.54) is 11.3 Å². The Morgan fingerprint density at radius 2 is 2.21 bits per heavy atom. The van der Waals surface area contributed by atoms with Crippen molar-refractivity contribution in [3.05, 3.63) is 32.6 Å². The van der Waals surface area contributed by atoms with E-state index in [2.05, 4.69) is 0 Å². The summed E-state index contributed by atoms with van der Waals surface area (Å²) in [6.07, 6.45) is 0. The van der Waals surface area contributed by atoms with Crippen LogP contribution in [0, 0.1) is 10.1 Å². The highest BCUT2D eigenvalue weighted by atomic mass is 35.5. The third-order valence-electron chi connectivity index (χ3n) is 1.86. The molecule has 2 aromatic rings. The zero-order chi connectivity index (χ0) is 10.3. The Bertz CT molecular complexity index is 523. The van der Waals surface area contributed by atoms with E-state index in [0.29, 0.717) is 11.1 Å². The van der Waals surface area contributed by atoms with Gasteiger partial charge in [-0.25, -0.2) is 0 Å². The first-order chi connectivity index (χ1) is 6.61. The fourth-order valence-electron chi connectivity index (χ4n) is 1.29. The number of nitrogen functional groups attached to an aromatic ring is 1. The van der Waals surface area contributed by atoms with Crippen LogP contribution in [0.2, 0.25) is 4.34 Å². The van der Waals surface area contributed by atoms with E-state index in [1.807, 2.05) is 0 Å². The van der Waals surface area contributed by atoms with Gasteiger partial charge in [0, 0.05) is 10.4 Å². The molecule has 0 fully saturated rings. The van der Waals surface area contributed by atoms with Crippen molar-refractivity contribution >= 4 is 44.4 Å². The molecular weight excluding hydrogens is 224 g/mol. The van der Waals surface area contributed by atoms with Crippen molar-refractivity contribution in [3.8, 4) is 0 Å². The molecule has 0 unspecified atom stereocenters. The summed E-state index contributed by atoms with van der Waals surface area (Å²) in [5.41, 5.74) is 5.95. The van der Waals surface area contributed by atoms with Crippen LogP contribution in [0.4, 0.5) is 11.4 Å². The second kappa shape index (κ2) is 3.11. The van der Waals surface area contributed by atoms with Gasteiger partial charge in [0.05, 0.1) is 10.3 Å². The summed E-state index contributed by atoms with van der Waals surface area (Å²) in [7, 11) is 0. The number of thiophene rings is 1. The zero-order valence-electron chi connectivity index (χ0n) is 6.86. The Morgan fingerprint density at radius 3 is 2.86 bits per heavy atom. The van der Waals surface area contributed by atoms with Gasteiger partial charge in [-0.2, -0.15) is 0 Å². The molecule has 72 valence electrons. The zero-order valence-corrected chi connectivity index (χ0v) is 8.43. The molecule has 0 saturated heterocycles. The maximum absolute atomic E-state index is 10.7. The summed E-state index contributed by atoms with van der Waals surface area (Å²) < 4.78 is 0.907. The van der Waals surface area contributed by atoms with Gasteiger partial charge in [-0.3, -0.25) is 10.1 Å². The Balaban J connectivity index is 2.93. The van der Waals surface area contributed by atoms with Crippen LogP contribution in [0.15, 0.2) is 18.2 Å². The monoisotopic (exact) mass is 228 g/mol. The molecule has 0 atom stereocenters. The van der Waals surface area contributed by atoms with Gasteiger partial charge in [-0.1, -0.05) is 17.7 Å². The molecule has 1 aromatic heterocycles. The maximum Gasteiger partial charge on any atom is 0.308 e. The van der Waals surface area contributed by atoms with Crippen molar-refractivity contribution < 1.29 is 4.92 Å². The summed E-state index contributed by atoms with van der Waals surface area (Å²) >= 11 is 6.92. The molecule has 0 aliphatic carbocycles. The minimum Gasteiger partial charge on any atom is -0.398 e. The fraction of sp³-hybridized carbons (Fsp3) is 0. The van der Waals surface area contributed by atoms with E-state index in [1.54, 1.807) is 18.2 Å². The molecule has 0 aliphatic heterocycles. The van der Waals surface area contributed by atoms with E-state index in [9.17, 15) is 10.1 Å². The van der Waals surface area contributed by atoms with Crippen LogP contribution < -0.4 is 5.73 Å². The predicted octanol–water partition coefficient (Wildman–Crippen LogP) is 3.05. The minimum atomic E-state index is -0.502. The average Bonchev–Trinajstić information content (AvgIpc) is 2.42. The fourth-order valence-corrected chi connectivity index (χ4v) is 2.64. The molecule has 0 bridgehead atoms. The summed E-state index contributed by atoms with van der Waals surface area (Å²) in [6.45, 7) is 0. The third-order valence-corrected chi connectivity index (χ3v) is 3.21. The summed E-state index contributed by atoms with van der Waals surface area (Å²) in [4.78, 5) is 10.2. The van der Waals surface area contributed by atoms with Gasteiger partial charge in [0.2, 0.25) is 0 Å². The minimum absolute atomic E-state index is 0.0928. The van der Waals surface area contributed by atoms with Gasteiger partial charge >= 0.3 is 5.69 Å². The third kappa shape index (κ3) is 1.21. The summed E-state index contributed by atoms with van der Waals surface area (Å²) in [5.74, 6) is 0.